The molecule has 0 fully saturated rings. The predicted octanol–water partition coefficient (Wildman–Crippen LogP) is 2.39. The van der Waals surface area contributed by atoms with Gasteiger partial charge in [0.05, 0.1) is 12.4 Å². The van der Waals surface area contributed by atoms with Crippen molar-refractivity contribution in [3.63, 3.8) is 0 Å². The molecule has 5 heteroatoms. The minimum atomic E-state index is -0.442. The van der Waals surface area contributed by atoms with Crippen LogP contribution in [0.2, 0.25) is 0 Å². The SMILES string of the molecule is CCCCC(N)C(=O)Nc1cccc(Cn2ccnc2)c1. The number of anilines is 1. The zero-order valence-electron chi connectivity index (χ0n) is 12.3. The van der Waals surface area contributed by atoms with Gasteiger partial charge in [0.2, 0.25) is 5.91 Å². The number of amides is 1. The highest BCUT2D eigenvalue weighted by Crippen LogP contribution is 2.13. The van der Waals surface area contributed by atoms with Crippen LogP contribution in [0.1, 0.15) is 31.7 Å². The number of nitrogens with two attached hydrogens (primary N) is 1. The Morgan fingerprint density at radius 2 is 2.33 bits per heavy atom. The third-order valence-electron chi connectivity index (χ3n) is 3.32. The molecule has 0 bridgehead atoms. The third kappa shape index (κ3) is 4.72. The molecule has 2 aromatic rings. The monoisotopic (exact) mass is 286 g/mol. The molecule has 5 nitrogen and oxygen atoms in total. The number of benzene rings is 1. The number of unbranched alkanes of at least 4 members (excludes halogenated alkanes) is 1. The fourth-order valence-electron chi connectivity index (χ4n) is 2.13. The first-order valence-corrected chi connectivity index (χ1v) is 7.30. The van der Waals surface area contributed by atoms with Gasteiger partial charge in [-0.05, 0) is 24.1 Å². The van der Waals surface area contributed by atoms with Gasteiger partial charge in [-0.3, -0.25) is 4.79 Å². The lowest BCUT2D eigenvalue weighted by atomic mass is 10.1. The summed E-state index contributed by atoms with van der Waals surface area (Å²) in [7, 11) is 0. The van der Waals surface area contributed by atoms with E-state index in [0.717, 1.165) is 37.1 Å². The van der Waals surface area contributed by atoms with Gasteiger partial charge in [0.15, 0.2) is 0 Å². The molecule has 0 radical (unpaired) electrons. The van der Waals surface area contributed by atoms with Crippen molar-refractivity contribution < 1.29 is 4.79 Å². The Morgan fingerprint density at radius 3 is 3.05 bits per heavy atom. The number of nitrogens with one attached hydrogen (secondary N) is 1. The van der Waals surface area contributed by atoms with E-state index in [-0.39, 0.29) is 5.91 Å². The second kappa shape index (κ2) is 7.59. The molecule has 2 rings (SSSR count). The zero-order chi connectivity index (χ0) is 15.1. The smallest absolute Gasteiger partial charge is 0.241 e. The number of carbonyl (C=O) groups is 1. The molecular weight excluding hydrogens is 264 g/mol. The van der Waals surface area contributed by atoms with Crippen LogP contribution < -0.4 is 11.1 Å². The van der Waals surface area contributed by atoms with E-state index in [1.54, 1.807) is 12.5 Å². The minimum absolute atomic E-state index is 0.122. The largest absolute Gasteiger partial charge is 0.333 e. The van der Waals surface area contributed by atoms with Crippen molar-refractivity contribution in [1.82, 2.24) is 9.55 Å². The maximum atomic E-state index is 12.0. The van der Waals surface area contributed by atoms with Crippen molar-refractivity contribution in [3.8, 4) is 0 Å². The first kappa shape index (κ1) is 15.3. The number of imidazole rings is 1. The van der Waals surface area contributed by atoms with E-state index in [0.29, 0.717) is 0 Å². The van der Waals surface area contributed by atoms with E-state index in [9.17, 15) is 4.79 Å². The number of nitrogens with zero attached hydrogens (tertiary/aromatic N) is 2. The van der Waals surface area contributed by atoms with Crippen LogP contribution in [0.25, 0.3) is 0 Å². The number of hydrogen-bond donors (Lipinski definition) is 2. The Kier molecular flexibility index (Phi) is 5.51. The fourth-order valence-corrected chi connectivity index (χ4v) is 2.13. The summed E-state index contributed by atoms with van der Waals surface area (Å²) in [6.07, 6.45) is 8.16. The molecule has 1 unspecified atom stereocenters. The van der Waals surface area contributed by atoms with Crippen LogP contribution in [0.3, 0.4) is 0 Å². The van der Waals surface area contributed by atoms with Crippen molar-refractivity contribution in [2.45, 2.75) is 38.8 Å². The summed E-state index contributed by atoms with van der Waals surface area (Å²) in [5.74, 6) is -0.122. The number of carbonyl (C=O) groups excluding carboxylic acids is 1. The predicted molar refractivity (Wildman–Crippen MR) is 83.9 cm³/mol. The quantitative estimate of drug-likeness (QED) is 0.820. The Bertz CT molecular complexity index is 565. The molecule has 1 atom stereocenters. The van der Waals surface area contributed by atoms with Gasteiger partial charge >= 0.3 is 0 Å². The molecule has 0 spiro atoms. The Balaban J connectivity index is 1.96. The Hall–Kier alpha value is -2.14. The number of rotatable bonds is 7. The molecule has 1 heterocycles. The molecule has 1 aromatic carbocycles. The maximum Gasteiger partial charge on any atom is 0.241 e. The van der Waals surface area contributed by atoms with E-state index in [1.165, 1.54) is 0 Å². The lowest BCUT2D eigenvalue weighted by Gasteiger charge is -2.12. The summed E-state index contributed by atoms with van der Waals surface area (Å²) in [4.78, 5) is 16.0. The van der Waals surface area contributed by atoms with Crippen LogP contribution in [0.5, 0.6) is 0 Å². The summed E-state index contributed by atoms with van der Waals surface area (Å²) in [5.41, 5.74) is 7.76. The first-order chi connectivity index (χ1) is 10.2. The van der Waals surface area contributed by atoms with Crippen molar-refractivity contribution in [2.75, 3.05) is 5.32 Å². The summed E-state index contributed by atoms with van der Waals surface area (Å²) in [6, 6.07) is 7.35. The highest BCUT2D eigenvalue weighted by molar-refractivity contribution is 5.94. The number of hydrogen-bond acceptors (Lipinski definition) is 3. The molecule has 0 aliphatic carbocycles. The second-order valence-corrected chi connectivity index (χ2v) is 5.17. The van der Waals surface area contributed by atoms with Crippen molar-refractivity contribution in [3.05, 3.63) is 48.5 Å². The van der Waals surface area contributed by atoms with Crippen molar-refractivity contribution in [2.24, 2.45) is 5.73 Å². The van der Waals surface area contributed by atoms with E-state index in [4.69, 9.17) is 5.73 Å². The van der Waals surface area contributed by atoms with Gasteiger partial charge in [0.25, 0.3) is 0 Å². The van der Waals surface area contributed by atoms with Crippen LogP contribution in [0, 0.1) is 0 Å². The van der Waals surface area contributed by atoms with Crippen LogP contribution >= 0.6 is 0 Å². The van der Waals surface area contributed by atoms with E-state index < -0.39 is 6.04 Å². The van der Waals surface area contributed by atoms with Gasteiger partial charge in [0.1, 0.15) is 0 Å². The zero-order valence-corrected chi connectivity index (χ0v) is 12.3. The molecular formula is C16H22N4O. The molecule has 0 aliphatic heterocycles. The fraction of sp³-hybridized carbons (Fsp3) is 0.375. The van der Waals surface area contributed by atoms with Crippen molar-refractivity contribution >= 4 is 11.6 Å². The third-order valence-corrected chi connectivity index (χ3v) is 3.32. The van der Waals surface area contributed by atoms with Gasteiger partial charge in [-0.1, -0.05) is 31.9 Å². The van der Waals surface area contributed by atoms with Crippen LogP contribution in [0.4, 0.5) is 5.69 Å². The van der Waals surface area contributed by atoms with Crippen molar-refractivity contribution in [1.29, 1.82) is 0 Å². The molecule has 1 aromatic heterocycles. The van der Waals surface area contributed by atoms with E-state index in [2.05, 4.69) is 17.2 Å². The Labute approximate surface area is 125 Å². The Morgan fingerprint density at radius 1 is 1.48 bits per heavy atom. The molecule has 0 saturated heterocycles. The normalized spacial score (nSPS) is 12.1. The average Bonchev–Trinajstić information content (AvgIpc) is 2.98. The molecule has 0 saturated carbocycles. The summed E-state index contributed by atoms with van der Waals surface area (Å²) < 4.78 is 1.98. The van der Waals surface area contributed by atoms with Gasteiger partial charge < -0.3 is 15.6 Å². The standard InChI is InChI=1S/C16H22N4O/c1-2-3-7-15(17)16(21)19-14-6-4-5-13(10-14)11-20-9-8-18-12-20/h4-6,8-10,12,15H,2-3,7,11,17H2,1H3,(H,19,21). The highest BCUT2D eigenvalue weighted by atomic mass is 16.2. The maximum absolute atomic E-state index is 12.0. The molecule has 1 amide bonds. The molecule has 0 aliphatic rings. The van der Waals surface area contributed by atoms with E-state index >= 15 is 0 Å². The number of aromatic nitrogens is 2. The second-order valence-electron chi connectivity index (χ2n) is 5.17. The lowest BCUT2D eigenvalue weighted by molar-refractivity contribution is -0.117. The summed E-state index contributed by atoms with van der Waals surface area (Å²) in [5, 5.41) is 2.88. The minimum Gasteiger partial charge on any atom is -0.333 e. The van der Waals surface area contributed by atoms with Crippen LogP contribution in [0.15, 0.2) is 43.0 Å². The first-order valence-electron chi connectivity index (χ1n) is 7.30. The van der Waals surface area contributed by atoms with Crippen LogP contribution in [-0.2, 0) is 11.3 Å². The molecule has 112 valence electrons. The van der Waals surface area contributed by atoms with Gasteiger partial charge in [-0.25, -0.2) is 4.98 Å². The van der Waals surface area contributed by atoms with Gasteiger partial charge in [0, 0.05) is 24.6 Å². The summed E-state index contributed by atoms with van der Waals surface area (Å²) in [6.45, 7) is 2.82. The topological polar surface area (TPSA) is 72.9 Å². The molecule has 3 N–H and O–H groups in total. The van der Waals surface area contributed by atoms with E-state index in [1.807, 2.05) is 35.0 Å². The average molecular weight is 286 g/mol. The summed E-state index contributed by atoms with van der Waals surface area (Å²) >= 11 is 0. The molecule has 21 heavy (non-hydrogen) atoms. The van der Waals surface area contributed by atoms with Crippen LogP contribution in [-0.4, -0.2) is 21.5 Å². The lowest BCUT2D eigenvalue weighted by Crippen LogP contribution is -2.35. The van der Waals surface area contributed by atoms with Gasteiger partial charge in [-0.2, -0.15) is 0 Å². The highest BCUT2D eigenvalue weighted by Gasteiger charge is 2.12. The van der Waals surface area contributed by atoms with Gasteiger partial charge in [-0.15, -0.1) is 0 Å².